The maximum absolute atomic E-state index is 13.7. The van der Waals surface area contributed by atoms with Gasteiger partial charge in [0, 0.05) is 13.0 Å². The molecule has 4 unspecified atom stereocenters. The Balaban J connectivity index is 2.26. The van der Waals surface area contributed by atoms with Crippen LogP contribution in [-0.4, -0.2) is 64.2 Å². The van der Waals surface area contributed by atoms with Crippen LogP contribution in [-0.2, 0) is 14.3 Å². The summed E-state index contributed by atoms with van der Waals surface area (Å²) in [6.45, 7) is 1.22. The van der Waals surface area contributed by atoms with Crippen LogP contribution in [0.1, 0.15) is 13.3 Å². The minimum Gasteiger partial charge on any atom is -0.394 e. The molecule has 3 amide bonds. The smallest absolute Gasteiger partial charge is 0.328 e. The van der Waals surface area contributed by atoms with Gasteiger partial charge in [0.05, 0.1) is 6.61 Å². The zero-order valence-electron chi connectivity index (χ0n) is 11.1. The number of alkyl halides is 3. The fraction of sp³-hybridized carbons (Fsp3) is 0.818. The number of ether oxygens (including phenoxy) is 2. The van der Waals surface area contributed by atoms with Crippen molar-refractivity contribution in [2.45, 2.75) is 42.4 Å². The molecule has 2 aliphatic heterocycles. The maximum Gasteiger partial charge on any atom is 0.328 e. The zero-order valence-corrected chi connectivity index (χ0v) is 12.6. The number of nitrogens with one attached hydrogen (secondary N) is 1. The molecule has 0 saturated carbocycles. The number of aliphatic hydroxyl groups is 1. The number of urea groups is 1. The van der Waals surface area contributed by atoms with E-state index in [0.29, 0.717) is 0 Å². The second-order valence-corrected chi connectivity index (χ2v) is 6.05. The van der Waals surface area contributed by atoms with Crippen molar-refractivity contribution in [1.82, 2.24) is 10.2 Å². The number of carbonyl (C=O) groups excluding carboxylic acids is 2. The van der Waals surface area contributed by atoms with Crippen LogP contribution < -0.4 is 5.32 Å². The van der Waals surface area contributed by atoms with Gasteiger partial charge in [0.2, 0.25) is 4.33 Å². The minimum absolute atomic E-state index is 0.123. The van der Waals surface area contributed by atoms with Crippen molar-refractivity contribution in [2.24, 2.45) is 0 Å². The highest BCUT2D eigenvalue weighted by Gasteiger charge is 2.56. The van der Waals surface area contributed by atoms with E-state index >= 15 is 0 Å². The van der Waals surface area contributed by atoms with Crippen molar-refractivity contribution in [3.63, 3.8) is 0 Å². The summed E-state index contributed by atoms with van der Waals surface area (Å²) in [6.07, 6.45) is -5.05. The highest BCUT2D eigenvalue weighted by Crippen LogP contribution is 2.37. The van der Waals surface area contributed by atoms with Gasteiger partial charge in [0.15, 0.2) is 6.23 Å². The predicted octanol–water partition coefficient (Wildman–Crippen LogP) is 0.520. The van der Waals surface area contributed by atoms with E-state index in [1.54, 1.807) is 6.92 Å². The quantitative estimate of drug-likeness (QED) is 0.726. The summed E-state index contributed by atoms with van der Waals surface area (Å²) in [6, 6.07) is -0.842. The van der Waals surface area contributed by atoms with Gasteiger partial charge in [0.1, 0.15) is 18.5 Å². The Kier molecular flexibility index (Phi) is 4.94. The van der Waals surface area contributed by atoms with Gasteiger partial charge in [-0.2, -0.15) is 0 Å². The lowest BCUT2D eigenvalue weighted by Gasteiger charge is -2.43. The van der Waals surface area contributed by atoms with Crippen molar-refractivity contribution in [3.05, 3.63) is 0 Å². The molecule has 0 spiro atoms. The van der Waals surface area contributed by atoms with Gasteiger partial charge >= 0.3 is 6.03 Å². The topological polar surface area (TPSA) is 88.1 Å². The van der Waals surface area contributed by atoms with E-state index in [1.807, 2.05) is 5.32 Å². The lowest BCUT2D eigenvalue weighted by molar-refractivity contribution is -0.154. The number of hydrogen-bond acceptors (Lipinski definition) is 5. The third-order valence-electron chi connectivity index (χ3n) is 3.30. The van der Waals surface area contributed by atoms with E-state index in [0.717, 1.165) is 4.90 Å². The van der Waals surface area contributed by atoms with Crippen LogP contribution in [0.15, 0.2) is 0 Å². The molecule has 7 nitrogen and oxygen atoms in total. The number of rotatable bonds is 4. The summed E-state index contributed by atoms with van der Waals surface area (Å²) in [5.41, 5.74) is 0. The molecule has 0 aromatic rings. The van der Waals surface area contributed by atoms with Gasteiger partial charge in [0.25, 0.3) is 5.91 Å². The first-order valence-corrected chi connectivity index (χ1v) is 7.12. The second kappa shape index (κ2) is 6.21. The number of aliphatic hydroxyl groups excluding tert-OH is 1. The molecule has 21 heavy (non-hydrogen) atoms. The molecule has 2 fully saturated rings. The summed E-state index contributed by atoms with van der Waals surface area (Å²) in [5.74, 6) is -0.918. The van der Waals surface area contributed by atoms with E-state index in [4.69, 9.17) is 37.8 Å². The van der Waals surface area contributed by atoms with Gasteiger partial charge in [-0.05, 0) is 6.92 Å². The third kappa shape index (κ3) is 2.95. The second-order valence-electron chi connectivity index (χ2n) is 4.66. The summed E-state index contributed by atoms with van der Waals surface area (Å²) >= 11 is 11.9. The minimum atomic E-state index is -2.05. The number of carbonyl (C=O) groups is 2. The van der Waals surface area contributed by atoms with E-state index < -0.39 is 47.6 Å². The molecule has 0 bridgehead atoms. The summed E-state index contributed by atoms with van der Waals surface area (Å²) < 4.78 is 22.2. The Morgan fingerprint density at radius 1 is 1.57 bits per heavy atom. The first kappa shape index (κ1) is 16.7. The standard InChI is InChI=1S/C11H15Cl2FN2O5/c1-2-20-9-11(12,13)8(18)15-10(19)16(9)7-3-5(14)6(4-17)21-7/h5-7,9,17H,2-4H2,1H3,(H,15,18,19). The average Bonchev–Trinajstić information content (AvgIpc) is 2.77. The Hall–Kier alpha value is -0.670. The van der Waals surface area contributed by atoms with Crippen LogP contribution in [0.4, 0.5) is 9.18 Å². The summed E-state index contributed by atoms with van der Waals surface area (Å²) in [5, 5.41) is 11.0. The van der Waals surface area contributed by atoms with E-state index in [2.05, 4.69) is 0 Å². The molecule has 2 N–H and O–H groups in total. The molecule has 4 atom stereocenters. The normalized spacial score (nSPS) is 36.0. The molecule has 0 radical (unpaired) electrons. The van der Waals surface area contributed by atoms with Crippen LogP contribution in [0.2, 0.25) is 0 Å². The van der Waals surface area contributed by atoms with E-state index in [1.165, 1.54) is 0 Å². The zero-order chi connectivity index (χ0) is 15.8. The molecular formula is C11H15Cl2FN2O5. The van der Waals surface area contributed by atoms with Gasteiger partial charge in [-0.3, -0.25) is 15.0 Å². The molecule has 10 heteroatoms. The number of halogens is 3. The highest BCUT2D eigenvalue weighted by molar-refractivity contribution is 6.59. The van der Waals surface area contributed by atoms with Crippen LogP contribution in [0, 0.1) is 0 Å². The van der Waals surface area contributed by atoms with Crippen LogP contribution in [0.25, 0.3) is 0 Å². The molecule has 2 aliphatic rings. The average molecular weight is 345 g/mol. The fourth-order valence-corrected chi connectivity index (χ4v) is 2.72. The maximum atomic E-state index is 13.7. The van der Waals surface area contributed by atoms with Crippen LogP contribution in [0.5, 0.6) is 0 Å². The van der Waals surface area contributed by atoms with Gasteiger partial charge in [-0.15, -0.1) is 0 Å². The van der Waals surface area contributed by atoms with Crippen molar-refractivity contribution < 1.29 is 28.6 Å². The Morgan fingerprint density at radius 3 is 2.76 bits per heavy atom. The number of imide groups is 1. The third-order valence-corrected chi connectivity index (χ3v) is 4.01. The lowest BCUT2D eigenvalue weighted by atomic mass is 10.2. The first-order valence-electron chi connectivity index (χ1n) is 6.36. The van der Waals surface area contributed by atoms with E-state index in [9.17, 15) is 14.0 Å². The Morgan fingerprint density at radius 2 is 2.24 bits per heavy atom. The van der Waals surface area contributed by atoms with Gasteiger partial charge in [-0.1, -0.05) is 23.2 Å². The number of amides is 3. The molecule has 2 heterocycles. The lowest BCUT2D eigenvalue weighted by Crippen LogP contribution is -2.68. The first-order chi connectivity index (χ1) is 9.82. The SMILES string of the molecule is CCOC1N(C2CC(F)C(CO)O2)C(=O)NC(=O)C1(Cl)Cl. The molecule has 2 rings (SSSR count). The van der Waals surface area contributed by atoms with Crippen LogP contribution in [0.3, 0.4) is 0 Å². The highest BCUT2D eigenvalue weighted by atomic mass is 35.5. The molecule has 0 aliphatic carbocycles. The number of hydrogen-bond donors (Lipinski definition) is 2. The molecule has 2 saturated heterocycles. The van der Waals surface area contributed by atoms with Crippen LogP contribution >= 0.6 is 23.2 Å². The van der Waals surface area contributed by atoms with Crippen molar-refractivity contribution in [2.75, 3.05) is 13.2 Å². The summed E-state index contributed by atoms with van der Waals surface area (Å²) in [7, 11) is 0. The predicted molar refractivity (Wildman–Crippen MR) is 70.5 cm³/mol. The molecule has 120 valence electrons. The van der Waals surface area contributed by atoms with Gasteiger partial charge < -0.3 is 14.6 Å². The molecular weight excluding hydrogens is 330 g/mol. The molecule has 0 aromatic carbocycles. The summed E-state index contributed by atoms with van der Waals surface area (Å²) in [4.78, 5) is 24.6. The molecule has 0 aromatic heterocycles. The van der Waals surface area contributed by atoms with E-state index in [-0.39, 0.29) is 13.0 Å². The van der Waals surface area contributed by atoms with Crippen molar-refractivity contribution in [1.29, 1.82) is 0 Å². The van der Waals surface area contributed by atoms with Crippen molar-refractivity contribution in [3.8, 4) is 0 Å². The van der Waals surface area contributed by atoms with Gasteiger partial charge in [-0.25, -0.2) is 9.18 Å². The monoisotopic (exact) mass is 344 g/mol. The Labute approximate surface area is 130 Å². The largest absolute Gasteiger partial charge is 0.394 e. The van der Waals surface area contributed by atoms with Crippen molar-refractivity contribution >= 4 is 35.1 Å². The fourth-order valence-electron chi connectivity index (χ4n) is 2.29. The Bertz CT molecular complexity index is 439. The number of nitrogens with zero attached hydrogens (tertiary/aromatic N) is 1.